The third kappa shape index (κ3) is 3.62. The summed E-state index contributed by atoms with van der Waals surface area (Å²) in [6.45, 7) is -2.15. The average molecular weight is 452 g/mol. The summed E-state index contributed by atoms with van der Waals surface area (Å²) in [5, 5.41) is 23.7. The Kier molecular flexibility index (Phi) is 5.84. The zero-order valence-corrected chi connectivity index (χ0v) is 19.4. The Hall–Kier alpha value is -4.36. The molecule has 0 saturated carbocycles. The molecule has 0 aliphatic heterocycles. The largest absolute Gasteiger partial charge is 0.192 e. The van der Waals surface area contributed by atoms with Crippen molar-refractivity contribution in [3.8, 4) is 12.1 Å². The summed E-state index contributed by atoms with van der Waals surface area (Å²) in [4.78, 5) is 0. The van der Waals surface area contributed by atoms with Gasteiger partial charge in [0.2, 0.25) is 0 Å². The normalized spacial score (nSPS) is 14.4. The van der Waals surface area contributed by atoms with E-state index in [2.05, 4.69) is 103 Å². The fourth-order valence-corrected chi connectivity index (χ4v) is 8.91. The van der Waals surface area contributed by atoms with Crippen LogP contribution in [-0.4, -0.2) is 5.29 Å². The lowest BCUT2D eigenvalue weighted by Gasteiger charge is -2.30. The molecular weight excluding hydrogens is 431 g/mol. The van der Waals surface area contributed by atoms with Gasteiger partial charge in [-0.05, 0) is 51.4 Å². The molecule has 2 aliphatic carbocycles. The first-order chi connectivity index (χ1) is 16.8. The number of benzene rings is 3. The van der Waals surface area contributed by atoms with Crippen LogP contribution in [0.1, 0.15) is 0 Å². The molecule has 0 bridgehead atoms. The van der Waals surface area contributed by atoms with Gasteiger partial charge in [-0.2, -0.15) is 10.5 Å². The molecule has 160 valence electrons. The van der Waals surface area contributed by atoms with Crippen LogP contribution in [0, 0.1) is 22.7 Å². The molecule has 0 fully saturated rings. The van der Waals surface area contributed by atoms with E-state index in [0.717, 1.165) is 11.1 Å². The number of rotatable bonds is 3. The minimum absolute atomic E-state index is 0.123. The molecule has 0 radical (unpaired) electrons. The molecule has 3 aromatic carbocycles. The number of fused-ring (bicyclic) bond motifs is 1. The second kappa shape index (κ2) is 9.25. The van der Waals surface area contributed by atoms with E-state index in [0.29, 0.717) is 5.57 Å². The quantitative estimate of drug-likeness (QED) is 0.390. The molecule has 0 saturated heterocycles. The molecule has 0 unspecified atom stereocenters. The highest BCUT2D eigenvalue weighted by molar-refractivity contribution is 7.95. The van der Waals surface area contributed by atoms with Crippen molar-refractivity contribution in [2.45, 2.75) is 0 Å². The van der Waals surface area contributed by atoms with Gasteiger partial charge in [-0.15, -0.1) is 0 Å². The van der Waals surface area contributed by atoms with Crippen molar-refractivity contribution >= 4 is 28.1 Å². The zero-order valence-electron chi connectivity index (χ0n) is 18.5. The summed E-state index contributed by atoms with van der Waals surface area (Å²) in [7, 11) is 0. The first-order valence-corrected chi connectivity index (χ1v) is 12.8. The highest BCUT2D eigenvalue weighted by Gasteiger charge is 2.30. The van der Waals surface area contributed by atoms with Gasteiger partial charge in [0.05, 0.1) is 0 Å². The van der Waals surface area contributed by atoms with Crippen molar-refractivity contribution in [3.05, 3.63) is 150 Å². The first-order valence-electron chi connectivity index (χ1n) is 11.0. The molecule has 0 aromatic heterocycles. The van der Waals surface area contributed by atoms with Gasteiger partial charge in [0.1, 0.15) is 17.7 Å². The summed E-state index contributed by atoms with van der Waals surface area (Å²) in [6, 6.07) is 36.3. The SMILES string of the molecule is N#CC(C#N)=C1C=CC2=CC(=P(c3ccccc3)(c3ccccc3)c3ccccc3)C=C2C=C1. The first kappa shape index (κ1) is 21.5. The van der Waals surface area contributed by atoms with E-state index in [1.165, 1.54) is 21.2 Å². The van der Waals surface area contributed by atoms with Gasteiger partial charge in [-0.3, -0.25) is 0 Å². The molecule has 0 heterocycles. The van der Waals surface area contributed by atoms with Crippen molar-refractivity contribution in [1.29, 1.82) is 10.5 Å². The summed E-state index contributed by atoms with van der Waals surface area (Å²) >= 11 is 0. The maximum atomic E-state index is 9.27. The van der Waals surface area contributed by atoms with Crippen LogP contribution in [0.4, 0.5) is 0 Å². The van der Waals surface area contributed by atoms with E-state index < -0.39 is 6.89 Å². The van der Waals surface area contributed by atoms with Gasteiger partial charge >= 0.3 is 0 Å². The van der Waals surface area contributed by atoms with Crippen LogP contribution in [0.5, 0.6) is 0 Å². The molecule has 0 N–H and O–H groups in total. The van der Waals surface area contributed by atoms with Crippen LogP contribution in [-0.2, 0) is 0 Å². The predicted octanol–water partition coefficient (Wildman–Crippen LogP) is 5.49. The van der Waals surface area contributed by atoms with Crippen LogP contribution in [0.15, 0.2) is 150 Å². The number of hydrogen-bond acceptors (Lipinski definition) is 2. The minimum Gasteiger partial charge on any atom is -0.192 e. The van der Waals surface area contributed by atoms with E-state index in [-0.39, 0.29) is 5.57 Å². The molecule has 34 heavy (non-hydrogen) atoms. The molecular formula is C31H21N2P. The van der Waals surface area contributed by atoms with Gasteiger partial charge in [0.15, 0.2) is 0 Å². The van der Waals surface area contributed by atoms with E-state index >= 15 is 0 Å². The van der Waals surface area contributed by atoms with Crippen LogP contribution in [0.3, 0.4) is 0 Å². The predicted molar refractivity (Wildman–Crippen MR) is 143 cm³/mol. The highest BCUT2D eigenvalue weighted by Crippen LogP contribution is 2.48. The molecule has 5 rings (SSSR count). The Morgan fingerprint density at radius 1 is 0.529 bits per heavy atom. The number of nitrogens with zero attached hydrogens (tertiary/aromatic N) is 2. The monoisotopic (exact) mass is 452 g/mol. The van der Waals surface area contributed by atoms with E-state index in [9.17, 15) is 10.5 Å². The Labute approximate surface area is 200 Å². The zero-order chi connectivity index (χ0) is 23.4. The van der Waals surface area contributed by atoms with Gasteiger partial charge in [-0.25, -0.2) is 0 Å². The Morgan fingerprint density at radius 3 is 1.26 bits per heavy atom. The number of hydrogen-bond donors (Lipinski definition) is 0. The van der Waals surface area contributed by atoms with Gasteiger partial charge in [0, 0.05) is 5.57 Å². The van der Waals surface area contributed by atoms with Crippen molar-refractivity contribution in [1.82, 2.24) is 0 Å². The van der Waals surface area contributed by atoms with Crippen molar-refractivity contribution in [3.63, 3.8) is 0 Å². The van der Waals surface area contributed by atoms with Crippen LogP contribution in [0.25, 0.3) is 0 Å². The summed E-state index contributed by atoms with van der Waals surface area (Å²) in [5.74, 6) is 0. The third-order valence-corrected chi connectivity index (χ3v) is 10.4. The van der Waals surface area contributed by atoms with Gasteiger partial charge in [-0.1, -0.05) is 115 Å². The number of allylic oxidation sites excluding steroid dienone is 10. The minimum atomic E-state index is -2.15. The Morgan fingerprint density at radius 2 is 0.912 bits per heavy atom. The summed E-state index contributed by atoms with van der Waals surface area (Å²) in [5.41, 5.74) is 2.93. The lowest BCUT2D eigenvalue weighted by Crippen LogP contribution is -2.29. The Balaban J connectivity index is 1.86. The van der Waals surface area contributed by atoms with E-state index in [1.54, 1.807) is 0 Å². The molecule has 3 heteroatoms. The highest BCUT2D eigenvalue weighted by atomic mass is 31.2. The molecule has 0 spiro atoms. The van der Waals surface area contributed by atoms with Crippen molar-refractivity contribution in [2.75, 3.05) is 0 Å². The molecule has 2 aliphatic rings. The fourth-order valence-electron chi connectivity index (χ4n) is 4.59. The second-order valence-electron chi connectivity index (χ2n) is 8.02. The van der Waals surface area contributed by atoms with Crippen molar-refractivity contribution < 1.29 is 0 Å². The van der Waals surface area contributed by atoms with E-state index in [1.807, 2.05) is 36.4 Å². The topological polar surface area (TPSA) is 47.6 Å². The van der Waals surface area contributed by atoms with Crippen LogP contribution in [0.2, 0.25) is 0 Å². The molecule has 2 nitrogen and oxygen atoms in total. The Bertz CT molecular complexity index is 1380. The van der Waals surface area contributed by atoms with Crippen molar-refractivity contribution in [2.24, 2.45) is 0 Å². The van der Waals surface area contributed by atoms with Gasteiger partial charge < -0.3 is 0 Å². The molecule has 3 aromatic rings. The lowest BCUT2D eigenvalue weighted by molar-refractivity contribution is 1.44. The lowest BCUT2D eigenvalue weighted by atomic mass is 10.1. The van der Waals surface area contributed by atoms with Crippen LogP contribution >= 0.6 is 6.89 Å². The smallest absolute Gasteiger partial charge is 0.136 e. The van der Waals surface area contributed by atoms with E-state index in [4.69, 9.17) is 0 Å². The summed E-state index contributed by atoms with van der Waals surface area (Å²) < 4.78 is 0. The van der Waals surface area contributed by atoms with Gasteiger partial charge in [0.25, 0.3) is 0 Å². The maximum absolute atomic E-state index is 9.27. The standard InChI is InChI=1S/C31H21N2P/c32-22-27(23-33)24-16-18-25-20-31(21-26(25)19-17-24)34(28-10-4-1-5-11-28,29-12-6-2-7-13-29)30-14-8-3-9-15-30/h1-21H. The molecule has 0 atom stereocenters. The van der Waals surface area contributed by atoms with Crippen LogP contribution < -0.4 is 15.9 Å². The average Bonchev–Trinajstić information content (AvgIpc) is 3.21. The molecule has 0 amide bonds. The second-order valence-corrected chi connectivity index (χ2v) is 11.4. The maximum Gasteiger partial charge on any atom is 0.136 e. The fraction of sp³-hybridized carbons (Fsp3) is 0. The summed E-state index contributed by atoms with van der Waals surface area (Å²) in [6.07, 6.45) is 12.3. The number of nitriles is 2. The third-order valence-electron chi connectivity index (χ3n) is 6.16.